The molecule has 1 saturated heterocycles. The van der Waals surface area contributed by atoms with Gasteiger partial charge in [0.25, 0.3) is 0 Å². The van der Waals surface area contributed by atoms with Crippen molar-refractivity contribution in [2.45, 2.75) is 58.2 Å². The van der Waals surface area contributed by atoms with Crippen molar-refractivity contribution in [2.75, 3.05) is 13.2 Å². The zero-order chi connectivity index (χ0) is 12.9. The highest BCUT2D eigenvalue weighted by Crippen LogP contribution is 2.24. The number of rotatable bonds is 4. The molecule has 1 N–H and O–H groups in total. The van der Waals surface area contributed by atoms with Gasteiger partial charge in [-0.05, 0) is 46.0 Å². The van der Waals surface area contributed by atoms with Crippen LogP contribution in [0.4, 0.5) is 0 Å². The number of carbonyl (C=O) groups is 1. The maximum atomic E-state index is 11.6. The molecule has 0 aromatic carbocycles. The maximum Gasteiger partial charge on any atom is 0.306 e. The fourth-order valence-electron chi connectivity index (χ4n) is 2.01. The molecule has 0 radical (unpaired) electrons. The Morgan fingerprint density at radius 3 is 2.59 bits per heavy atom. The molecular weight excluding hydrogens is 220 g/mol. The number of ether oxygens (including phenoxy) is 2. The SMILES string of the molecule is CC(C)(C)OC(=O)C[C@@H]1CC[C@@H](CCO)OC1. The Bertz CT molecular complexity index is 236. The average molecular weight is 244 g/mol. The van der Waals surface area contributed by atoms with Crippen LogP contribution in [0.5, 0.6) is 0 Å². The van der Waals surface area contributed by atoms with Crippen LogP contribution < -0.4 is 0 Å². The highest BCUT2D eigenvalue weighted by atomic mass is 16.6. The summed E-state index contributed by atoms with van der Waals surface area (Å²) in [5.74, 6) is 0.117. The third-order valence-corrected chi connectivity index (χ3v) is 2.79. The van der Waals surface area contributed by atoms with E-state index in [0.717, 1.165) is 12.8 Å². The van der Waals surface area contributed by atoms with Gasteiger partial charge in [-0.3, -0.25) is 4.79 Å². The molecular formula is C13H24O4. The second-order valence-electron chi connectivity index (χ2n) is 5.70. The molecule has 0 aliphatic carbocycles. The molecule has 4 heteroatoms. The monoisotopic (exact) mass is 244 g/mol. The lowest BCUT2D eigenvalue weighted by Crippen LogP contribution is -2.30. The smallest absolute Gasteiger partial charge is 0.306 e. The van der Waals surface area contributed by atoms with Crippen LogP contribution in [0.3, 0.4) is 0 Å². The van der Waals surface area contributed by atoms with E-state index in [-0.39, 0.29) is 24.6 Å². The first-order valence-electron chi connectivity index (χ1n) is 6.35. The predicted octanol–water partition coefficient (Wildman–Crippen LogP) is 1.90. The molecule has 0 unspecified atom stereocenters. The standard InChI is InChI=1S/C13H24O4/c1-13(2,3)17-12(15)8-10-4-5-11(6-7-14)16-9-10/h10-11,14H,4-9H2,1-3H3/t10-,11-/m0/s1. The topological polar surface area (TPSA) is 55.8 Å². The summed E-state index contributed by atoms with van der Waals surface area (Å²) < 4.78 is 10.9. The molecule has 0 spiro atoms. The molecule has 0 aromatic heterocycles. The van der Waals surface area contributed by atoms with E-state index in [0.29, 0.717) is 19.4 Å². The Kier molecular flexibility index (Phi) is 5.40. The fraction of sp³-hybridized carbons (Fsp3) is 0.923. The van der Waals surface area contributed by atoms with E-state index >= 15 is 0 Å². The van der Waals surface area contributed by atoms with Crippen molar-refractivity contribution < 1.29 is 19.4 Å². The first-order valence-corrected chi connectivity index (χ1v) is 6.35. The van der Waals surface area contributed by atoms with Crippen LogP contribution in [-0.2, 0) is 14.3 Å². The molecule has 1 fully saturated rings. The van der Waals surface area contributed by atoms with Crippen molar-refractivity contribution in [3.05, 3.63) is 0 Å². The molecule has 1 rings (SSSR count). The molecule has 17 heavy (non-hydrogen) atoms. The van der Waals surface area contributed by atoms with Crippen LogP contribution in [0, 0.1) is 5.92 Å². The first-order chi connectivity index (χ1) is 7.90. The Morgan fingerprint density at radius 2 is 2.12 bits per heavy atom. The van der Waals surface area contributed by atoms with E-state index in [4.69, 9.17) is 14.6 Å². The Balaban J connectivity index is 2.24. The van der Waals surface area contributed by atoms with Crippen molar-refractivity contribution in [1.82, 2.24) is 0 Å². The van der Waals surface area contributed by atoms with Crippen molar-refractivity contribution in [3.63, 3.8) is 0 Å². The number of aliphatic hydroxyl groups excluding tert-OH is 1. The largest absolute Gasteiger partial charge is 0.460 e. The Morgan fingerprint density at radius 1 is 1.41 bits per heavy atom. The van der Waals surface area contributed by atoms with Crippen LogP contribution in [0.1, 0.15) is 46.5 Å². The number of hydrogen-bond donors (Lipinski definition) is 1. The lowest BCUT2D eigenvalue weighted by Gasteiger charge is -2.29. The summed E-state index contributed by atoms with van der Waals surface area (Å²) in [5, 5.41) is 8.80. The van der Waals surface area contributed by atoms with E-state index in [2.05, 4.69) is 0 Å². The van der Waals surface area contributed by atoms with Crippen molar-refractivity contribution >= 4 is 5.97 Å². The van der Waals surface area contributed by atoms with Gasteiger partial charge < -0.3 is 14.6 Å². The normalized spacial score (nSPS) is 25.6. The average Bonchev–Trinajstić information content (AvgIpc) is 2.18. The van der Waals surface area contributed by atoms with Crippen LogP contribution >= 0.6 is 0 Å². The maximum absolute atomic E-state index is 11.6. The van der Waals surface area contributed by atoms with Gasteiger partial charge in [-0.15, -0.1) is 0 Å². The Hall–Kier alpha value is -0.610. The van der Waals surface area contributed by atoms with E-state index < -0.39 is 5.60 Å². The summed E-state index contributed by atoms with van der Waals surface area (Å²) in [4.78, 5) is 11.6. The van der Waals surface area contributed by atoms with Gasteiger partial charge in [0, 0.05) is 6.61 Å². The molecule has 0 saturated carbocycles. The first kappa shape index (κ1) is 14.5. The summed E-state index contributed by atoms with van der Waals surface area (Å²) in [6.45, 7) is 6.39. The number of hydrogen-bond acceptors (Lipinski definition) is 4. The lowest BCUT2D eigenvalue weighted by atomic mass is 9.94. The van der Waals surface area contributed by atoms with Gasteiger partial charge in [0.05, 0.1) is 19.1 Å². The zero-order valence-corrected chi connectivity index (χ0v) is 11.1. The van der Waals surface area contributed by atoms with Gasteiger partial charge in [-0.1, -0.05) is 0 Å². The molecule has 0 aromatic rings. The van der Waals surface area contributed by atoms with E-state index in [9.17, 15) is 4.79 Å². The van der Waals surface area contributed by atoms with Gasteiger partial charge in [0.15, 0.2) is 0 Å². The van der Waals surface area contributed by atoms with E-state index in [1.54, 1.807) is 0 Å². The van der Waals surface area contributed by atoms with Crippen LogP contribution in [0.2, 0.25) is 0 Å². The minimum atomic E-state index is -0.411. The molecule has 100 valence electrons. The van der Waals surface area contributed by atoms with Gasteiger partial charge in [-0.2, -0.15) is 0 Å². The van der Waals surface area contributed by atoms with Crippen molar-refractivity contribution in [2.24, 2.45) is 5.92 Å². The Labute approximate surface area is 103 Å². The molecule has 4 nitrogen and oxygen atoms in total. The zero-order valence-electron chi connectivity index (χ0n) is 11.1. The molecule has 2 atom stereocenters. The van der Waals surface area contributed by atoms with Gasteiger partial charge >= 0.3 is 5.97 Å². The van der Waals surface area contributed by atoms with Crippen LogP contribution in [0.25, 0.3) is 0 Å². The summed E-state index contributed by atoms with van der Waals surface area (Å²) in [7, 11) is 0. The predicted molar refractivity (Wildman–Crippen MR) is 64.6 cm³/mol. The quantitative estimate of drug-likeness (QED) is 0.767. The molecule has 1 aliphatic heterocycles. The second-order valence-corrected chi connectivity index (χ2v) is 5.70. The summed E-state index contributed by atoms with van der Waals surface area (Å²) in [6, 6.07) is 0. The second kappa shape index (κ2) is 6.36. The van der Waals surface area contributed by atoms with Gasteiger partial charge in [-0.25, -0.2) is 0 Å². The molecule has 1 heterocycles. The minimum Gasteiger partial charge on any atom is -0.460 e. The summed E-state index contributed by atoms with van der Waals surface area (Å²) >= 11 is 0. The van der Waals surface area contributed by atoms with Crippen molar-refractivity contribution in [3.8, 4) is 0 Å². The molecule has 0 bridgehead atoms. The fourth-order valence-corrected chi connectivity index (χ4v) is 2.01. The van der Waals surface area contributed by atoms with Gasteiger partial charge in [0.1, 0.15) is 5.60 Å². The molecule has 0 amide bonds. The van der Waals surface area contributed by atoms with Crippen LogP contribution in [0.15, 0.2) is 0 Å². The number of aliphatic hydroxyl groups is 1. The van der Waals surface area contributed by atoms with E-state index in [1.165, 1.54) is 0 Å². The third kappa shape index (κ3) is 6.03. The third-order valence-electron chi connectivity index (χ3n) is 2.79. The summed E-state index contributed by atoms with van der Waals surface area (Å²) in [6.07, 6.45) is 3.19. The molecule has 1 aliphatic rings. The summed E-state index contributed by atoms with van der Waals surface area (Å²) in [5.41, 5.74) is -0.411. The lowest BCUT2D eigenvalue weighted by molar-refractivity contribution is -0.157. The van der Waals surface area contributed by atoms with E-state index in [1.807, 2.05) is 20.8 Å². The minimum absolute atomic E-state index is 0.147. The highest BCUT2D eigenvalue weighted by molar-refractivity contribution is 5.70. The van der Waals surface area contributed by atoms with Gasteiger partial charge in [0.2, 0.25) is 0 Å². The number of esters is 1. The van der Waals surface area contributed by atoms with Crippen molar-refractivity contribution in [1.29, 1.82) is 0 Å². The van der Waals surface area contributed by atoms with Crippen LogP contribution in [-0.4, -0.2) is 36.0 Å². The number of carbonyl (C=O) groups excluding carboxylic acids is 1. The highest BCUT2D eigenvalue weighted by Gasteiger charge is 2.25.